The molecule has 5 rings (SSSR count). The first kappa shape index (κ1) is 19.0. The quantitative estimate of drug-likeness (QED) is 0.350. The molecule has 0 bridgehead atoms. The van der Waals surface area contributed by atoms with Crippen LogP contribution >= 0.6 is 11.3 Å². The number of thiazole rings is 1. The minimum absolute atomic E-state index is 0.559. The number of hydrogen-bond acceptors (Lipinski definition) is 6. The molecule has 0 saturated heterocycles. The van der Waals surface area contributed by atoms with Crippen molar-refractivity contribution >= 4 is 33.7 Å². The molecule has 0 N–H and O–H groups in total. The van der Waals surface area contributed by atoms with Crippen LogP contribution in [-0.2, 0) is 0 Å². The zero-order valence-corrected chi connectivity index (χ0v) is 17.5. The average Bonchev–Trinajstić information content (AvgIpc) is 3.38. The average molecular weight is 427 g/mol. The molecule has 0 saturated carbocycles. The molecular weight excluding hydrogens is 408 g/mol. The molecule has 31 heavy (non-hydrogen) atoms. The summed E-state index contributed by atoms with van der Waals surface area (Å²) in [5, 5.41) is 8.95. The first-order valence-corrected chi connectivity index (χ1v) is 10.5. The Balaban J connectivity index is 1.65. The van der Waals surface area contributed by atoms with Crippen LogP contribution in [0.25, 0.3) is 21.7 Å². The van der Waals surface area contributed by atoms with Crippen LogP contribution < -0.4 is 9.54 Å². The summed E-state index contributed by atoms with van der Waals surface area (Å²) in [7, 11) is 1.65. The van der Waals surface area contributed by atoms with Gasteiger partial charge in [-0.2, -0.15) is 9.78 Å². The van der Waals surface area contributed by atoms with Gasteiger partial charge in [0.15, 0.2) is 0 Å². The third kappa shape index (κ3) is 3.91. The van der Waals surface area contributed by atoms with Crippen molar-refractivity contribution in [2.75, 3.05) is 7.11 Å². The van der Waals surface area contributed by atoms with Crippen molar-refractivity contribution in [2.45, 2.75) is 0 Å². The maximum Gasteiger partial charge on any atom is 0.272 e. The highest BCUT2D eigenvalue weighted by atomic mass is 32.1. The van der Waals surface area contributed by atoms with Gasteiger partial charge in [-0.25, -0.2) is 4.99 Å². The lowest BCUT2D eigenvalue weighted by molar-refractivity contribution is 0.415. The summed E-state index contributed by atoms with van der Waals surface area (Å²) in [5.41, 5.74) is 4.10. The van der Waals surface area contributed by atoms with Crippen molar-refractivity contribution in [1.82, 2.24) is 9.83 Å². The second-order valence-corrected chi connectivity index (χ2v) is 7.67. The predicted molar refractivity (Wildman–Crippen MR) is 123 cm³/mol. The normalized spacial score (nSPS) is 12.1. The van der Waals surface area contributed by atoms with E-state index in [4.69, 9.17) is 14.3 Å². The maximum absolute atomic E-state index is 5.71. The van der Waals surface area contributed by atoms with Gasteiger partial charge in [0.25, 0.3) is 5.71 Å². The molecule has 0 fully saturated rings. The number of hydrogen-bond donors (Lipinski definition) is 0. The van der Waals surface area contributed by atoms with Crippen molar-refractivity contribution in [3.8, 4) is 17.0 Å². The standard InChI is InChI=1S/C24H18N4O2S/c1-29-20-14-12-17(13-15-20)16-25-28-23-22(21(27-30-23)18-8-4-2-5-9-18)31-24(28)26-19-10-6-3-7-11-19/h2-16H,1H3/b25-16-,26-24?. The van der Waals surface area contributed by atoms with Crippen molar-refractivity contribution in [1.29, 1.82) is 0 Å². The Labute approximate surface area is 182 Å². The van der Waals surface area contributed by atoms with Gasteiger partial charge >= 0.3 is 0 Å². The molecule has 3 aromatic carbocycles. The minimum Gasteiger partial charge on any atom is -0.497 e. The zero-order valence-electron chi connectivity index (χ0n) is 16.7. The smallest absolute Gasteiger partial charge is 0.272 e. The monoisotopic (exact) mass is 426 g/mol. The van der Waals surface area contributed by atoms with Gasteiger partial charge < -0.3 is 9.26 Å². The predicted octanol–water partition coefficient (Wildman–Crippen LogP) is 5.48. The summed E-state index contributed by atoms with van der Waals surface area (Å²) < 4.78 is 13.5. The first-order valence-electron chi connectivity index (χ1n) is 9.66. The number of ether oxygens (including phenoxy) is 1. The van der Waals surface area contributed by atoms with Crippen LogP contribution in [0.2, 0.25) is 0 Å². The molecule has 0 amide bonds. The maximum atomic E-state index is 5.71. The van der Waals surface area contributed by atoms with E-state index < -0.39 is 0 Å². The van der Waals surface area contributed by atoms with Crippen molar-refractivity contribution in [2.24, 2.45) is 10.1 Å². The summed E-state index contributed by atoms with van der Waals surface area (Å²) in [6.07, 6.45) is 1.76. The van der Waals surface area contributed by atoms with Gasteiger partial charge in [-0.3, -0.25) is 0 Å². The number of fused-ring (bicyclic) bond motifs is 1. The minimum atomic E-state index is 0.559. The SMILES string of the molecule is COc1ccc(/C=N\n2c(=Nc3ccccc3)sc3c(-c4ccccc4)noc32)cc1. The fourth-order valence-corrected chi connectivity index (χ4v) is 4.11. The summed E-state index contributed by atoms with van der Waals surface area (Å²) in [5.74, 6) is 0.797. The van der Waals surface area contributed by atoms with Crippen LogP contribution in [0.15, 0.2) is 99.5 Å². The molecule has 0 unspecified atom stereocenters. The lowest BCUT2D eigenvalue weighted by atomic mass is 10.2. The van der Waals surface area contributed by atoms with E-state index in [0.29, 0.717) is 10.5 Å². The molecule has 2 aromatic heterocycles. The Morgan fingerprint density at radius 1 is 0.935 bits per heavy atom. The molecule has 0 aliphatic carbocycles. The molecule has 7 heteroatoms. The summed E-state index contributed by atoms with van der Waals surface area (Å²) in [6.45, 7) is 0. The third-order valence-electron chi connectivity index (χ3n) is 4.67. The molecule has 5 aromatic rings. The molecule has 152 valence electrons. The van der Waals surface area contributed by atoms with Crippen LogP contribution in [0.4, 0.5) is 5.69 Å². The Bertz CT molecular complexity index is 1400. The number of aromatic nitrogens is 2. The zero-order chi connectivity index (χ0) is 21.0. The molecular formula is C24H18N4O2S. The number of methoxy groups -OCH3 is 1. The van der Waals surface area contributed by atoms with Crippen LogP contribution in [0.5, 0.6) is 5.75 Å². The molecule has 0 radical (unpaired) electrons. The lowest BCUT2D eigenvalue weighted by Gasteiger charge is -1.99. The summed E-state index contributed by atoms with van der Waals surface area (Å²) in [4.78, 5) is 5.48. The van der Waals surface area contributed by atoms with Crippen molar-refractivity contribution in [3.63, 3.8) is 0 Å². The van der Waals surface area contributed by atoms with Gasteiger partial charge in [-0.15, -0.1) is 0 Å². The highest BCUT2D eigenvalue weighted by molar-refractivity contribution is 7.16. The van der Waals surface area contributed by atoms with E-state index in [2.05, 4.69) is 10.3 Å². The Morgan fingerprint density at radius 2 is 1.65 bits per heavy atom. The van der Waals surface area contributed by atoms with E-state index >= 15 is 0 Å². The van der Waals surface area contributed by atoms with Crippen LogP contribution in [0, 0.1) is 0 Å². The van der Waals surface area contributed by atoms with Gasteiger partial charge in [-0.05, 0) is 42.0 Å². The summed E-state index contributed by atoms with van der Waals surface area (Å²) in [6, 6.07) is 27.4. The number of rotatable bonds is 5. The summed E-state index contributed by atoms with van der Waals surface area (Å²) >= 11 is 1.49. The highest BCUT2D eigenvalue weighted by Crippen LogP contribution is 2.30. The van der Waals surface area contributed by atoms with Crippen LogP contribution in [0.3, 0.4) is 0 Å². The molecule has 0 spiro atoms. The van der Waals surface area contributed by atoms with Gasteiger partial charge in [0.1, 0.15) is 16.1 Å². The van der Waals surface area contributed by atoms with Gasteiger partial charge in [-0.1, -0.05) is 65.0 Å². The van der Waals surface area contributed by atoms with Crippen molar-refractivity contribution in [3.05, 3.63) is 95.3 Å². The first-order chi connectivity index (χ1) is 15.3. The van der Waals surface area contributed by atoms with E-state index in [1.165, 1.54) is 11.3 Å². The molecule has 0 aliphatic heterocycles. The topological polar surface area (TPSA) is 64.9 Å². The van der Waals surface area contributed by atoms with E-state index in [0.717, 1.165) is 33.0 Å². The van der Waals surface area contributed by atoms with Gasteiger partial charge in [0.05, 0.1) is 19.0 Å². The molecule has 2 heterocycles. The van der Waals surface area contributed by atoms with Gasteiger partial charge in [0.2, 0.25) is 4.80 Å². The van der Waals surface area contributed by atoms with E-state index in [-0.39, 0.29) is 0 Å². The van der Waals surface area contributed by atoms with Crippen molar-refractivity contribution < 1.29 is 9.26 Å². The third-order valence-corrected chi connectivity index (χ3v) is 5.68. The number of nitrogens with zero attached hydrogens (tertiary/aromatic N) is 4. The van der Waals surface area contributed by atoms with Crippen LogP contribution in [-0.4, -0.2) is 23.2 Å². The Morgan fingerprint density at radius 3 is 2.35 bits per heavy atom. The largest absolute Gasteiger partial charge is 0.497 e. The Kier molecular flexibility index (Phi) is 5.16. The van der Waals surface area contributed by atoms with Crippen LogP contribution in [0.1, 0.15) is 5.56 Å². The Hall–Kier alpha value is -3.97. The highest BCUT2D eigenvalue weighted by Gasteiger charge is 2.17. The molecule has 6 nitrogen and oxygen atoms in total. The lowest BCUT2D eigenvalue weighted by Crippen LogP contribution is -2.09. The number of benzene rings is 3. The van der Waals surface area contributed by atoms with Gasteiger partial charge in [0, 0.05) is 5.56 Å². The second kappa shape index (κ2) is 8.41. The van der Waals surface area contributed by atoms with E-state index in [1.807, 2.05) is 84.9 Å². The molecule has 0 atom stereocenters. The fraction of sp³-hybridized carbons (Fsp3) is 0.0417. The fourth-order valence-electron chi connectivity index (χ4n) is 3.10. The van der Waals surface area contributed by atoms with E-state index in [9.17, 15) is 0 Å². The van der Waals surface area contributed by atoms with E-state index in [1.54, 1.807) is 18.0 Å². The second-order valence-electron chi connectivity index (χ2n) is 6.69. The number of para-hydroxylation sites is 1. The molecule has 0 aliphatic rings.